The van der Waals surface area contributed by atoms with Crippen LogP contribution in [0.5, 0.6) is 0 Å². The third kappa shape index (κ3) is 4.30. The molecule has 1 aromatic rings. The summed E-state index contributed by atoms with van der Waals surface area (Å²) in [5.41, 5.74) is 2.59. The highest BCUT2D eigenvalue weighted by molar-refractivity contribution is 14.0. The number of aliphatic hydroxyl groups is 1. The first kappa shape index (κ1) is 17.4. The van der Waals surface area contributed by atoms with E-state index in [-0.39, 0.29) is 36.0 Å². The van der Waals surface area contributed by atoms with E-state index in [0.717, 1.165) is 25.9 Å². The molecule has 0 bridgehead atoms. The largest absolute Gasteiger partial charge is 0.392 e. The van der Waals surface area contributed by atoms with E-state index < -0.39 is 0 Å². The maximum atomic E-state index is 12.3. The zero-order valence-electron chi connectivity index (χ0n) is 12.6. The zero-order valence-corrected chi connectivity index (χ0v) is 15.0. The first-order valence-electron chi connectivity index (χ1n) is 7.65. The Hall–Kier alpha value is -0.920. The van der Waals surface area contributed by atoms with Crippen molar-refractivity contribution in [2.75, 3.05) is 32.7 Å². The molecule has 1 unspecified atom stereocenters. The summed E-state index contributed by atoms with van der Waals surface area (Å²) >= 11 is 0. The molecule has 3 rings (SSSR count). The topological polar surface area (TPSA) is 43.8 Å². The molecule has 120 valence electrons. The van der Waals surface area contributed by atoms with Gasteiger partial charge in [0.05, 0.1) is 12.6 Å². The fourth-order valence-corrected chi connectivity index (χ4v) is 3.06. The summed E-state index contributed by atoms with van der Waals surface area (Å²) in [5, 5.41) is 9.51. The number of halogens is 1. The number of nitrogens with zero attached hydrogens (tertiary/aromatic N) is 2. The molecule has 0 aromatic heterocycles. The molecule has 0 spiro atoms. The lowest BCUT2D eigenvalue weighted by atomic mass is 9.99. The van der Waals surface area contributed by atoms with Crippen LogP contribution >= 0.6 is 24.0 Å². The summed E-state index contributed by atoms with van der Waals surface area (Å²) in [5.74, 6) is 0.174. The second kappa shape index (κ2) is 8.08. The molecular formula is C17H23IN2O2. The van der Waals surface area contributed by atoms with Crippen molar-refractivity contribution in [2.45, 2.75) is 18.9 Å². The first-order chi connectivity index (χ1) is 10.2. The molecular weight excluding hydrogens is 391 g/mol. The van der Waals surface area contributed by atoms with Gasteiger partial charge in [0.2, 0.25) is 5.91 Å². The summed E-state index contributed by atoms with van der Waals surface area (Å²) in [4.78, 5) is 16.2. The fraction of sp³-hybridized carbons (Fsp3) is 0.471. The highest BCUT2D eigenvalue weighted by Gasteiger charge is 2.25. The van der Waals surface area contributed by atoms with E-state index in [9.17, 15) is 9.90 Å². The van der Waals surface area contributed by atoms with Crippen LogP contribution < -0.4 is 0 Å². The predicted octanol–water partition coefficient (Wildman–Crippen LogP) is 1.99. The van der Waals surface area contributed by atoms with Gasteiger partial charge in [0.15, 0.2) is 0 Å². The standard InChI is InChI=1S/C17H22N2O2.HI/c20-16-8-9-18(12-16)13-17(21)19-10-6-15(7-11-19)14-4-2-1-3-5-14;/h1-6,16,20H,7-13H2;1H. The molecule has 0 saturated carbocycles. The Bertz CT molecular complexity index is 533. The molecule has 2 aliphatic rings. The Labute approximate surface area is 148 Å². The van der Waals surface area contributed by atoms with Gasteiger partial charge < -0.3 is 10.0 Å². The van der Waals surface area contributed by atoms with Crippen molar-refractivity contribution in [3.8, 4) is 0 Å². The average molecular weight is 414 g/mol. The molecule has 1 aromatic carbocycles. The van der Waals surface area contributed by atoms with Crippen LogP contribution in [0.1, 0.15) is 18.4 Å². The number of amides is 1. The molecule has 2 aliphatic heterocycles. The molecule has 1 N–H and O–H groups in total. The Morgan fingerprint density at radius 3 is 2.59 bits per heavy atom. The first-order valence-corrected chi connectivity index (χ1v) is 7.65. The summed E-state index contributed by atoms with van der Waals surface area (Å²) in [6.45, 7) is 3.37. The van der Waals surface area contributed by atoms with E-state index >= 15 is 0 Å². The van der Waals surface area contributed by atoms with Crippen molar-refractivity contribution in [1.29, 1.82) is 0 Å². The van der Waals surface area contributed by atoms with Gasteiger partial charge in [-0.15, -0.1) is 24.0 Å². The van der Waals surface area contributed by atoms with E-state index in [4.69, 9.17) is 0 Å². The van der Waals surface area contributed by atoms with E-state index in [1.54, 1.807) is 0 Å². The molecule has 0 radical (unpaired) electrons. The van der Waals surface area contributed by atoms with Gasteiger partial charge in [0.1, 0.15) is 0 Å². The Balaban J connectivity index is 0.00000176. The van der Waals surface area contributed by atoms with Gasteiger partial charge >= 0.3 is 0 Å². The number of carbonyl (C=O) groups excluding carboxylic acids is 1. The SMILES string of the molecule is I.O=C(CN1CCC(O)C1)N1CC=C(c2ccccc2)CC1. The summed E-state index contributed by atoms with van der Waals surface area (Å²) in [6.07, 6.45) is 3.60. The smallest absolute Gasteiger partial charge is 0.237 e. The zero-order chi connectivity index (χ0) is 14.7. The van der Waals surface area contributed by atoms with Crippen molar-refractivity contribution in [3.63, 3.8) is 0 Å². The number of rotatable bonds is 3. The van der Waals surface area contributed by atoms with Crippen molar-refractivity contribution >= 4 is 35.5 Å². The minimum absolute atomic E-state index is 0. The second-order valence-corrected chi connectivity index (χ2v) is 5.86. The minimum Gasteiger partial charge on any atom is -0.392 e. The highest BCUT2D eigenvalue weighted by atomic mass is 127. The van der Waals surface area contributed by atoms with Crippen LogP contribution in [0.3, 0.4) is 0 Å². The number of hydrogen-bond donors (Lipinski definition) is 1. The number of benzene rings is 1. The van der Waals surface area contributed by atoms with Gasteiger partial charge in [-0.25, -0.2) is 0 Å². The van der Waals surface area contributed by atoms with Crippen LogP contribution in [0.2, 0.25) is 0 Å². The molecule has 22 heavy (non-hydrogen) atoms. The Kier molecular flexibility index (Phi) is 6.40. The van der Waals surface area contributed by atoms with Crippen molar-refractivity contribution in [2.24, 2.45) is 0 Å². The van der Waals surface area contributed by atoms with Gasteiger partial charge in [-0.1, -0.05) is 36.4 Å². The predicted molar refractivity (Wildman–Crippen MR) is 98.1 cm³/mol. The Morgan fingerprint density at radius 2 is 2.00 bits per heavy atom. The van der Waals surface area contributed by atoms with Gasteiger partial charge in [0.25, 0.3) is 0 Å². The van der Waals surface area contributed by atoms with Crippen LogP contribution in [0, 0.1) is 0 Å². The third-order valence-electron chi connectivity index (χ3n) is 4.31. The molecule has 1 saturated heterocycles. The maximum absolute atomic E-state index is 12.3. The van der Waals surface area contributed by atoms with Gasteiger partial charge in [-0.2, -0.15) is 0 Å². The molecule has 1 amide bonds. The lowest BCUT2D eigenvalue weighted by Crippen LogP contribution is -2.41. The molecule has 2 heterocycles. The van der Waals surface area contributed by atoms with Crippen LogP contribution in [0.4, 0.5) is 0 Å². The average Bonchev–Trinajstić information content (AvgIpc) is 2.93. The lowest BCUT2D eigenvalue weighted by molar-refractivity contribution is -0.131. The summed E-state index contributed by atoms with van der Waals surface area (Å²) in [7, 11) is 0. The number of carbonyl (C=O) groups is 1. The molecule has 0 aliphatic carbocycles. The van der Waals surface area contributed by atoms with Crippen LogP contribution in [-0.2, 0) is 4.79 Å². The Morgan fingerprint density at radius 1 is 1.23 bits per heavy atom. The normalized spacial score (nSPS) is 22.1. The second-order valence-electron chi connectivity index (χ2n) is 5.86. The van der Waals surface area contributed by atoms with Crippen molar-refractivity contribution in [3.05, 3.63) is 42.0 Å². The number of β-amino-alcohol motifs (C(OH)–C–C–N with tert-alkyl or cyclic N) is 1. The molecule has 4 nitrogen and oxygen atoms in total. The van der Waals surface area contributed by atoms with E-state index in [0.29, 0.717) is 19.6 Å². The van der Waals surface area contributed by atoms with Crippen molar-refractivity contribution < 1.29 is 9.90 Å². The monoisotopic (exact) mass is 414 g/mol. The fourth-order valence-electron chi connectivity index (χ4n) is 3.06. The van der Waals surface area contributed by atoms with Gasteiger partial charge in [-0.3, -0.25) is 9.69 Å². The van der Waals surface area contributed by atoms with Crippen LogP contribution in [-0.4, -0.2) is 59.6 Å². The number of likely N-dealkylation sites (tertiary alicyclic amines) is 1. The third-order valence-corrected chi connectivity index (χ3v) is 4.31. The van der Waals surface area contributed by atoms with Crippen molar-refractivity contribution in [1.82, 2.24) is 9.80 Å². The summed E-state index contributed by atoms with van der Waals surface area (Å²) in [6, 6.07) is 10.4. The lowest BCUT2D eigenvalue weighted by Gasteiger charge is -2.28. The minimum atomic E-state index is -0.260. The molecule has 1 fully saturated rings. The molecule has 1 atom stereocenters. The maximum Gasteiger partial charge on any atom is 0.237 e. The van der Waals surface area contributed by atoms with E-state index in [2.05, 4.69) is 18.2 Å². The summed E-state index contributed by atoms with van der Waals surface area (Å²) < 4.78 is 0. The quantitative estimate of drug-likeness (QED) is 0.770. The van der Waals surface area contributed by atoms with Gasteiger partial charge in [-0.05, 0) is 24.0 Å². The van der Waals surface area contributed by atoms with Crippen LogP contribution in [0.25, 0.3) is 5.57 Å². The number of aliphatic hydroxyl groups excluding tert-OH is 1. The van der Waals surface area contributed by atoms with E-state index in [1.165, 1.54) is 11.1 Å². The molecule has 5 heteroatoms. The number of hydrogen-bond acceptors (Lipinski definition) is 3. The van der Waals surface area contributed by atoms with Crippen LogP contribution in [0.15, 0.2) is 36.4 Å². The van der Waals surface area contributed by atoms with Gasteiger partial charge in [0, 0.05) is 26.2 Å². The highest BCUT2D eigenvalue weighted by Crippen LogP contribution is 2.22. The van der Waals surface area contributed by atoms with E-state index in [1.807, 2.05) is 28.0 Å².